The Kier molecular flexibility index (Phi) is 11.7. The van der Waals surface area contributed by atoms with Crippen LogP contribution in [-0.4, -0.2) is 63.2 Å². The van der Waals surface area contributed by atoms with Gasteiger partial charge in [-0.15, -0.1) is 0 Å². The second-order valence-corrected chi connectivity index (χ2v) is 7.83. The molecule has 39 heavy (non-hydrogen) atoms. The monoisotopic (exact) mass is 559 g/mol. The maximum atomic E-state index is 12.3. The van der Waals surface area contributed by atoms with Crippen molar-refractivity contribution in [3.05, 3.63) is 53.5 Å². The summed E-state index contributed by atoms with van der Waals surface area (Å²) < 4.78 is 42.4. The molecule has 16 heteroatoms. The number of alkyl halides is 3. The summed E-state index contributed by atoms with van der Waals surface area (Å²) in [5, 5.41) is 34.6. The third-order valence-electron chi connectivity index (χ3n) is 4.70. The summed E-state index contributed by atoms with van der Waals surface area (Å²) in [6.07, 6.45) is -5.64. The summed E-state index contributed by atoms with van der Waals surface area (Å²) in [7, 11) is 0. The first kappa shape index (κ1) is 32.1. The molecule has 0 fully saturated rings. The molecule has 13 nitrogen and oxygen atoms in total. The highest BCUT2D eigenvalue weighted by Gasteiger charge is 2.38. The molecule has 0 spiro atoms. The van der Waals surface area contributed by atoms with Crippen molar-refractivity contribution in [2.45, 2.75) is 38.4 Å². The average molecular weight is 559 g/mol. The summed E-state index contributed by atoms with van der Waals surface area (Å²) >= 11 is 0. The Bertz CT molecular complexity index is 1210. The van der Waals surface area contributed by atoms with E-state index in [0.29, 0.717) is 11.3 Å². The minimum Gasteiger partial charge on any atom is -0.481 e. The molecule has 0 saturated carbocycles. The number of benzene rings is 1. The van der Waals surface area contributed by atoms with E-state index in [0.717, 1.165) is 0 Å². The van der Waals surface area contributed by atoms with Crippen LogP contribution in [0.3, 0.4) is 0 Å². The summed E-state index contributed by atoms with van der Waals surface area (Å²) in [5.41, 5.74) is 5.84. The molecule has 2 rings (SSSR count). The summed E-state index contributed by atoms with van der Waals surface area (Å²) in [5.74, 6) is -6.97. The molecule has 1 heterocycles. The van der Waals surface area contributed by atoms with Crippen LogP contribution in [0.15, 0.2) is 40.8 Å². The number of rotatable bonds is 11. The highest BCUT2D eigenvalue weighted by Crippen LogP contribution is 2.18. The van der Waals surface area contributed by atoms with Crippen LogP contribution in [0.4, 0.5) is 13.2 Å². The maximum Gasteiger partial charge on any atom is 0.490 e. The van der Waals surface area contributed by atoms with Crippen LogP contribution < -0.4 is 15.8 Å². The van der Waals surface area contributed by atoms with E-state index in [1.165, 1.54) is 36.4 Å². The third-order valence-corrected chi connectivity index (χ3v) is 4.70. The number of ether oxygens (including phenoxy) is 1. The number of carboxylic acids is 3. The Morgan fingerprint density at radius 3 is 2.08 bits per heavy atom. The van der Waals surface area contributed by atoms with Crippen molar-refractivity contribution in [1.82, 2.24) is 5.32 Å². The SMILES string of the molecule is CC(Cc1ccc(C(=O)Oc2ccc(C(=N)N)cc2)o1)C(=O)N[C@@H](CCC(=O)O)C(=O)O.O=C(O)C(F)(F)F. The number of amidine groups is 1. The van der Waals surface area contributed by atoms with E-state index in [-0.39, 0.29) is 30.2 Å². The van der Waals surface area contributed by atoms with Crippen LogP contribution in [0.2, 0.25) is 0 Å². The molecule has 1 aromatic heterocycles. The van der Waals surface area contributed by atoms with Crippen LogP contribution in [0, 0.1) is 11.3 Å². The molecule has 0 radical (unpaired) electrons. The third kappa shape index (κ3) is 11.4. The molecule has 0 aliphatic carbocycles. The van der Waals surface area contributed by atoms with Crippen molar-refractivity contribution in [1.29, 1.82) is 5.41 Å². The van der Waals surface area contributed by atoms with Gasteiger partial charge in [0, 0.05) is 24.3 Å². The smallest absolute Gasteiger partial charge is 0.481 e. The number of halogens is 3. The molecule has 0 bridgehead atoms. The fourth-order valence-electron chi connectivity index (χ4n) is 2.69. The van der Waals surface area contributed by atoms with Gasteiger partial charge < -0.3 is 35.5 Å². The number of hydrogen-bond donors (Lipinski definition) is 6. The lowest BCUT2D eigenvalue weighted by molar-refractivity contribution is -0.192. The van der Waals surface area contributed by atoms with E-state index >= 15 is 0 Å². The number of amides is 1. The minimum atomic E-state index is -5.08. The second kappa shape index (κ2) is 14.2. The van der Waals surface area contributed by atoms with Gasteiger partial charge in [0.05, 0.1) is 0 Å². The first-order chi connectivity index (χ1) is 18.0. The van der Waals surface area contributed by atoms with Gasteiger partial charge >= 0.3 is 30.1 Å². The number of carbonyl (C=O) groups excluding carboxylic acids is 2. The molecule has 1 aromatic carbocycles. The van der Waals surface area contributed by atoms with Crippen LogP contribution in [-0.2, 0) is 25.6 Å². The van der Waals surface area contributed by atoms with Gasteiger partial charge in [-0.05, 0) is 42.8 Å². The van der Waals surface area contributed by atoms with E-state index in [2.05, 4.69) is 5.32 Å². The van der Waals surface area contributed by atoms with Crippen LogP contribution in [0.1, 0.15) is 41.6 Å². The molecule has 2 aromatic rings. The molecular weight excluding hydrogens is 535 g/mol. The number of nitrogens with one attached hydrogen (secondary N) is 2. The Balaban J connectivity index is 0.000000956. The summed E-state index contributed by atoms with van der Waals surface area (Å²) in [6.45, 7) is 1.54. The number of furan rings is 1. The molecular formula is C23H24F3N3O10. The standard InChI is InChI=1S/C21H23N3O8.C2HF3O2/c1-11(19(27)24-15(20(28)29)7-9-17(25)26)10-14-6-8-16(31-14)21(30)32-13-4-2-12(3-5-13)18(22)23;3-2(4,5)1(6)7/h2-6,8,11,15H,7,9-10H2,1H3,(H3,22,23)(H,24,27)(H,25,26)(H,28,29);(H,6,7)/t11?,15-;/m0./s1. The fourth-order valence-corrected chi connectivity index (χ4v) is 2.69. The molecule has 1 unspecified atom stereocenters. The van der Waals surface area contributed by atoms with Crippen molar-refractivity contribution in [3.8, 4) is 5.75 Å². The van der Waals surface area contributed by atoms with Crippen LogP contribution >= 0.6 is 0 Å². The van der Waals surface area contributed by atoms with E-state index in [9.17, 15) is 32.3 Å². The maximum absolute atomic E-state index is 12.3. The highest BCUT2D eigenvalue weighted by molar-refractivity contribution is 5.95. The van der Waals surface area contributed by atoms with Crippen LogP contribution in [0.5, 0.6) is 5.75 Å². The van der Waals surface area contributed by atoms with Crippen molar-refractivity contribution in [3.63, 3.8) is 0 Å². The van der Waals surface area contributed by atoms with Crippen molar-refractivity contribution in [2.75, 3.05) is 0 Å². The van der Waals surface area contributed by atoms with Gasteiger partial charge in [-0.2, -0.15) is 13.2 Å². The Hall–Kier alpha value is -4.89. The molecule has 7 N–H and O–H groups in total. The zero-order chi connectivity index (χ0) is 29.9. The van der Waals surface area contributed by atoms with Gasteiger partial charge in [-0.25, -0.2) is 14.4 Å². The molecule has 1 amide bonds. The molecule has 0 aliphatic heterocycles. The van der Waals surface area contributed by atoms with Gasteiger partial charge in [-0.3, -0.25) is 15.0 Å². The predicted octanol–water partition coefficient (Wildman–Crippen LogP) is 2.03. The zero-order valence-corrected chi connectivity index (χ0v) is 20.2. The number of nitrogens with two attached hydrogens (primary N) is 1. The number of nitrogen functional groups attached to an aromatic ring is 1. The Morgan fingerprint density at radius 1 is 1.05 bits per heavy atom. The van der Waals surface area contributed by atoms with Gasteiger partial charge in [-0.1, -0.05) is 6.92 Å². The van der Waals surface area contributed by atoms with Gasteiger partial charge in [0.15, 0.2) is 0 Å². The lowest BCUT2D eigenvalue weighted by Crippen LogP contribution is -2.43. The molecule has 2 atom stereocenters. The van der Waals surface area contributed by atoms with E-state index in [1.807, 2.05) is 0 Å². The molecule has 0 saturated heterocycles. The fraction of sp³-hybridized carbons (Fsp3) is 0.304. The first-order valence-corrected chi connectivity index (χ1v) is 10.8. The number of aliphatic carboxylic acids is 3. The normalized spacial score (nSPS) is 12.2. The number of carboxylic acid groups (broad SMARTS) is 3. The summed E-state index contributed by atoms with van der Waals surface area (Å²) in [4.78, 5) is 55.3. The minimum absolute atomic E-state index is 0.0810. The molecule has 212 valence electrons. The first-order valence-electron chi connectivity index (χ1n) is 10.8. The predicted molar refractivity (Wildman–Crippen MR) is 124 cm³/mol. The number of esters is 1. The summed E-state index contributed by atoms with van der Waals surface area (Å²) in [6, 6.07) is 7.58. The largest absolute Gasteiger partial charge is 0.490 e. The van der Waals surface area contributed by atoms with E-state index < -0.39 is 54.3 Å². The zero-order valence-electron chi connectivity index (χ0n) is 20.2. The second-order valence-electron chi connectivity index (χ2n) is 7.83. The lowest BCUT2D eigenvalue weighted by Gasteiger charge is -2.16. The topological polar surface area (TPSA) is 230 Å². The number of hydrogen-bond acceptors (Lipinski definition) is 8. The van der Waals surface area contributed by atoms with Crippen molar-refractivity contribution in [2.24, 2.45) is 11.7 Å². The average Bonchev–Trinajstić information content (AvgIpc) is 3.30. The van der Waals surface area contributed by atoms with Gasteiger partial charge in [0.2, 0.25) is 11.7 Å². The van der Waals surface area contributed by atoms with E-state index in [1.54, 1.807) is 6.92 Å². The molecule has 0 aliphatic rings. The van der Waals surface area contributed by atoms with Crippen molar-refractivity contribution >= 4 is 35.6 Å². The lowest BCUT2D eigenvalue weighted by atomic mass is 10.0. The van der Waals surface area contributed by atoms with E-state index in [4.69, 9.17) is 40.4 Å². The Labute approximate surface area is 217 Å². The van der Waals surface area contributed by atoms with Crippen LogP contribution in [0.25, 0.3) is 0 Å². The number of carbonyl (C=O) groups is 5. The Morgan fingerprint density at radius 2 is 1.62 bits per heavy atom. The quantitative estimate of drug-likeness (QED) is 0.101. The van der Waals surface area contributed by atoms with Gasteiger partial charge in [0.25, 0.3) is 0 Å². The highest BCUT2D eigenvalue weighted by atomic mass is 19.4. The van der Waals surface area contributed by atoms with Gasteiger partial charge in [0.1, 0.15) is 23.4 Å². The van der Waals surface area contributed by atoms with Crippen molar-refractivity contribution < 1.29 is 61.6 Å².